The monoisotopic (exact) mass is 274 g/mol. The first kappa shape index (κ1) is 12.9. The van der Waals surface area contributed by atoms with E-state index >= 15 is 0 Å². The summed E-state index contributed by atoms with van der Waals surface area (Å²) in [5.41, 5.74) is 5.62. The van der Waals surface area contributed by atoms with Crippen LogP contribution in [0.25, 0.3) is 0 Å². The van der Waals surface area contributed by atoms with Crippen molar-refractivity contribution in [2.75, 3.05) is 7.05 Å². The molecule has 4 aliphatic rings. The van der Waals surface area contributed by atoms with E-state index in [1.165, 1.54) is 32.1 Å². The molecule has 0 radical (unpaired) electrons. The Morgan fingerprint density at radius 3 is 2.20 bits per heavy atom. The Kier molecular flexibility index (Phi) is 3.15. The third-order valence-electron chi connectivity index (χ3n) is 6.01. The van der Waals surface area contributed by atoms with Crippen LogP contribution in [0.3, 0.4) is 0 Å². The molecule has 4 fully saturated rings. The van der Waals surface area contributed by atoms with Gasteiger partial charge in [0.2, 0.25) is 0 Å². The normalized spacial score (nSPS) is 38.9. The standard InChI is InChI=1S/C17H26N2O/c1-19(10-16-3-2-15(9-18)20-16)17-13-5-11-4-12(7-13)8-14(17)6-11/h2-3,11-14,17H,4-10,18H2,1H3. The van der Waals surface area contributed by atoms with Crippen molar-refractivity contribution in [1.29, 1.82) is 0 Å². The van der Waals surface area contributed by atoms with Gasteiger partial charge in [0.1, 0.15) is 11.5 Å². The van der Waals surface area contributed by atoms with E-state index in [0.717, 1.165) is 47.8 Å². The molecule has 0 unspecified atom stereocenters. The lowest BCUT2D eigenvalue weighted by molar-refractivity contribution is -0.0612. The molecule has 3 heteroatoms. The van der Waals surface area contributed by atoms with E-state index in [0.29, 0.717) is 6.54 Å². The lowest BCUT2D eigenvalue weighted by Crippen LogP contribution is -2.54. The third-order valence-corrected chi connectivity index (χ3v) is 6.01. The Hall–Kier alpha value is -0.800. The summed E-state index contributed by atoms with van der Waals surface area (Å²) in [5, 5.41) is 0. The zero-order chi connectivity index (χ0) is 13.7. The zero-order valence-corrected chi connectivity index (χ0v) is 12.4. The molecular weight excluding hydrogens is 248 g/mol. The number of rotatable bonds is 4. The number of nitrogens with zero attached hydrogens (tertiary/aromatic N) is 1. The van der Waals surface area contributed by atoms with Gasteiger partial charge in [-0.1, -0.05) is 0 Å². The summed E-state index contributed by atoms with van der Waals surface area (Å²) < 4.78 is 5.78. The van der Waals surface area contributed by atoms with Gasteiger partial charge in [-0.05, 0) is 75.0 Å². The van der Waals surface area contributed by atoms with Gasteiger partial charge in [0.25, 0.3) is 0 Å². The Bertz CT molecular complexity index is 453. The van der Waals surface area contributed by atoms with E-state index in [1.807, 2.05) is 6.07 Å². The van der Waals surface area contributed by atoms with E-state index in [4.69, 9.17) is 10.2 Å². The molecule has 110 valence electrons. The van der Waals surface area contributed by atoms with Crippen LogP contribution < -0.4 is 5.73 Å². The molecule has 3 nitrogen and oxygen atoms in total. The fourth-order valence-electron chi connectivity index (χ4n) is 5.58. The Labute approximate surface area is 121 Å². The van der Waals surface area contributed by atoms with Crippen molar-refractivity contribution in [1.82, 2.24) is 4.90 Å². The molecule has 4 aliphatic carbocycles. The highest BCUT2D eigenvalue weighted by molar-refractivity contribution is 5.08. The lowest BCUT2D eigenvalue weighted by atomic mass is 9.54. The predicted octanol–water partition coefficient (Wildman–Crippen LogP) is 2.99. The molecule has 0 aromatic carbocycles. The first-order valence-electron chi connectivity index (χ1n) is 8.21. The fraction of sp³-hybridized carbons (Fsp3) is 0.765. The van der Waals surface area contributed by atoms with E-state index < -0.39 is 0 Å². The summed E-state index contributed by atoms with van der Waals surface area (Å²) in [7, 11) is 2.29. The maximum atomic E-state index is 5.78. The van der Waals surface area contributed by atoms with Gasteiger partial charge in [-0.25, -0.2) is 0 Å². The van der Waals surface area contributed by atoms with Gasteiger partial charge in [-0.15, -0.1) is 0 Å². The maximum Gasteiger partial charge on any atom is 0.118 e. The number of hydrogen-bond acceptors (Lipinski definition) is 3. The van der Waals surface area contributed by atoms with Gasteiger partial charge >= 0.3 is 0 Å². The van der Waals surface area contributed by atoms with Crippen molar-refractivity contribution in [2.24, 2.45) is 29.4 Å². The SMILES string of the molecule is CN(Cc1ccc(CN)o1)C1C2CC3CC(C2)CC1C3. The largest absolute Gasteiger partial charge is 0.463 e. The molecule has 5 rings (SSSR count). The Balaban J connectivity index is 1.47. The average Bonchev–Trinajstić information content (AvgIpc) is 2.85. The van der Waals surface area contributed by atoms with Crippen LogP contribution in [0.5, 0.6) is 0 Å². The molecule has 0 atom stereocenters. The molecule has 2 N–H and O–H groups in total. The second-order valence-corrected chi connectivity index (χ2v) is 7.41. The summed E-state index contributed by atoms with van der Waals surface area (Å²) in [4.78, 5) is 2.56. The minimum Gasteiger partial charge on any atom is -0.463 e. The molecule has 0 spiro atoms. The lowest BCUT2D eigenvalue weighted by Gasteiger charge is -2.56. The molecular formula is C17H26N2O. The highest BCUT2D eigenvalue weighted by Crippen LogP contribution is 2.55. The van der Waals surface area contributed by atoms with Crippen LogP contribution in [-0.4, -0.2) is 18.0 Å². The molecule has 0 aliphatic heterocycles. The minimum absolute atomic E-state index is 0.502. The van der Waals surface area contributed by atoms with E-state index in [2.05, 4.69) is 18.0 Å². The number of hydrogen-bond donors (Lipinski definition) is 1. The van der Waals surface area contributed by atoms with Crippen LogP contribution in [0, 0.1) is 23.7 Å². The van der Waals surface area contributed by atoms with Crippen LogP contribution in [0.4, 0.5) is 0 Å². The zero-order valence-electron chi connectivity index (χ0n) is 12.4. The highest BCUT2D eigenvalue weighted by atomic mass is 16.3. The highest BCUT2D eigenvalue weighted by Gasteiger charge is 2.49. The Morgan fingerprint density at radius 2 is 1.65 bits per heavy atom. The van der Waals surface area contributed by atoms with Crippen molar-refractivity contribution >= 4 is 0 Å². The van der Waals surface area contributed by atoms with Crippen LogP contribution in [0.15, 0.2) is 16.5 Å². The van der Waals surface area contributed by atoms with Crippen LogP contribution in [0.2, 0.25) is 0 Å². The van der Waals surface area contributed by atoms with Crippen molar-refractivity contribution in [3.05, 3.63) is 23.7 Å². The van der Waals surface area contributed by atoms with Gasteiger partial charge in [0.05, 0.1) is 13.1 Å². The van der Waals surface area contributed by atoms with E-state index in [9.17, 15) is 0 Å². The van der Waals surface area contributed by atoms with Gasteiger partial charge in [0, 0.05) is 6.04 Å². The molecule has 1 aromatic heterocycles. The summed E-state index contributed by atoms with van der Waals surface area (Å²) >= 11 is 0. The molecule has 20 heavy (non-hydrogen) atoms. The van der Waals surface area contributed by atoms with Crippen LogP contribution in [-0.2, 0) is 13.1 Å². The fourth-order valence-corrected chi connectivity index (χ4v) is 5.58. The van der Waals surface area contributed by atoms with Crippen molar-refractivity contribution in [3.63, 3.8) is 0 Å². The first-order chi connectivity index (χ1) is 9.72. The summed E-state index contributed by atoms with van der Waals surface area (Å²) in [6.07, 6.45) is 7.45. The van der Waals surface area contributed by atoms with Gasteiger partial charge in [-0.2, -0.15) is 0 Å². The van der Waals surface area contributed by atoms with E-state index in [1.54, 1.807) is 0 Å². The van der Waals surface area contributed by atoms with Gasteiger partial charge in [0.15, 0.2) is 0 Å². The van der Waals surface area contributed by atoms with Crippen LogP contribution >= 0.6 is 0 Å². The summed E-state index contributed by atoms with van der Waals surface area (Å²) in [6.45, 7) is 1.44. The second-order valence-electron chi connectivity index (χ2n) is 7.41. The van der Waals surface area contributed by atoms with Gasteiger partial charge < -0.3 is 10.2 Å². The molecule has 4 bridgehead atoms. The van der Waals surface area contributed by atoms with E-state index in [-0.39, 0.29) is 0 Å². The van der Waals surface area contributed by atoms with Crippen LogP contribution in [0.1, 0.15) is 43.6 Å². The molecule has 0 amide bonds. The molecule has 1 heterocycles. The Morgan fingerprint density at radius 1 is 1.05 bits per heavy atom. The summed E-state index contributed by atoms with van der Waals surface area (Å²) in [6, 6.07) is 4.89. The topological polar surface area (TPSA) is 42.4 Å². The summed E-state index contributed by atoms with van der Waals surface area (Å²) in [5.74, 6) is 5.96. The van der Waals surface area contributed by atoms with Crippen molar-refractivity contribution < 1.29 is 4.42 Å². The molecule has 4 saturated carbocycles. The maximum absolute atomic E-state index is 5.78. The minimum atomic E-state index is 0.502. The van der Waals surface area contributed by atoms with Crippen molar-refractivity contribution in [3.8, 4) is 0 Å². The molecule has 1 aromatic rings. The predicted molar refractivity (Wildman–Crippen MR) is 78.9 cm³/mol. The number of furan rings is 1. The van der Waals surface area contributed by atoms with Gasteiger partial charge in [-0.3, -0.25) is 4.90 Å². The number of nitrogens with two attached hydrogens (primary N) is 1. The quantitative estimate of drug-likeness (QED) is 0.918. The second kappa shape index (κ2) is 4.88. The average molecular weight is 274 g/mol. The smallest absolute Gasteiger partial charge is 0.118 e. The van der Waals surface area contributed by atoms with Crippen molar-refractivity contribution in [2.45, 2.75) is 51.2 Å². The molecule has 0 saturated heterocycles. The third kappa shape index (κ3) is 2.11. The first-order valence-corrected chi connectivity index (χ1v) is 8.21.